The molecule has 0 bridgehead atoms. The number of rotatable bonds is 4. The van der Waals surface area contributed by atoms with Crippen molar-refractivity contribution >= 4 is 39.9 Å². The molecule has 0 aromatic heterocycles. The summed E-state index contributed by atoms with van der Waals surface area (Å²) in [5.74, 6) is -0.419. The third kappa shape index (κ3) is 4.33. The zero-order valence-corrected chi connectivity index (χ0v) is 19.5. The van der Waals surface area contributed by atoms with Gasteiger partial charge in [-0.2, -0.15) is 0 Å². The Morgan fingerprint density at radius 1 is 1.00 bits per heavy atom. The molecule has 7 heteroatoms. The average Bonchev–Trinajstić information content (AvgIpc) is 3.33. The second kappa shape index (κ2) is 9.12. The van der Waals surface area contributed by atoms with E-state index in [9.17, 15) is 13.8 Å². The molecule has 5 nitrogen and oxygen atoms in total. The molecule has 33 heavy (non-hydrogen) atoms. The summed E-state index contributed by atoms with van der Waals surface area (Å²) in [6.07, 6.45) is 4.21. The number of hydrogen-bond acceptors (Lipinski definition) is 3. The minimum Gasteiger partial charge on any atom is -0.349 e. The van der Waals surface area contributed by atoms with Gasteiger partial charge in [-0.3, -0.25) is 9.59 Å². The number of halogens is 1. The molecule has 3 aromatic carbocycles. The van der Waals surface area contributed by atoms with Crippen LogP contribution in [0.2, 0.25) is 5.02 Å². The van der Waals surface area contributed by atoms with Gasteiger partial charge in [-0.15, -0.1) is 0 Å². The summed E-state index contributed by atoms with van der Waals surface area (Å²) in [4.78, 5) is 29.2. The Bertz CT molecular complexity index is 1250. The highest BCUT2D eigenvalue weighted by molar-refractivity contribution is 7.85. The van der Waals surface area contributed by atoms with Gasteiger partial charge in [-0.25, -0.2) is 4.21 Å². The summed E-state index contributed by atoms with van der Waals surface area (Å²) in [6, 6.07) is 19.5. The number of anilines is 1. The first-order valence-corrected chi connectivity index (χ1v) is 12.6. The van der Waals surface area contributed by atoms with E-state index in [0.29, 0.717) is 31.6 Å². The first kappa shape index (κ1) is 21.9. The first-order chi connectivity index (χ1) is 16.0. The number of carbonyl (C=O) groups is 2. The van der Waals surface area contributed by atoms with Gasteiger partial charge in [-0.05, 0) is 60.9 Å². The lowest BCUT2D eigenvalue weighted by atomic mass is 10.1. The van der Waals surface area contributed by atoms with E-state index in [1.165, 1.54) is 0 Å². The minimum atomic E-state index is -1.55. The number of nitrogens with one attached hydrogen (secondary N) is 1. The zero-order chi connectivity index (χ0) is 22.9. The lowest BCUT2D eigenvalue weighted by molar-refractivity contribution is 0.0935. The van der Waals surface area contributed by atoms with Crippen LogP contribution in [0.5, 0.6) is 0 Å². The van der Waals surface area contributed by atoms with E-state index in [1.54, 1.807) is 59.5 Å². The van der Waals surface area contributed by atoms with Crippen molar-refractivity contribution in [1.29, 1.82) is 0 Å². The zero-order valence-electron chi connectivity index (χ0n) is 17.9. The SMILES string of the molecule is O=C(NC1CCCC1)c1ccc2c(c1)N(Cc1ccc(Cl)cc1)C(=O)c1ccccc1[S@]2=O. The molecule has 1 N–H and O–H groups in total. The molecule has 1 aliphatic heterocycles. The number of carbonyl (C=O) groups excluding carboxylic acids is 2. The molecule has 168 valence electrons. The van der Waals surface area contributed by atoms with Crippen LogP contribution in [-0.2, 0) is 17.3 Å². The van der Waals surface area contributed by atoms with Gasteiger partial charge in [0.2, 0.25) is 0 Å². The second-order valence-corrected chi connectivity index (χ2v) is 10.3. The van der Waals surface area contributed by atoms with E-state index in [0.717, 1.165) is 31.2 Å². The maximum Gasteiger partial charge on any atom is 0.259 e. The summed E-state index contributed by atoms with van der Waals surface area (Å²) < 4.78 is 13.5. The van der Waals surface area contributed by atoms with E-state index in [-0.39, 0.29) is 24.4 Å². The second-order valence-electron chi connectivity index (χ2n) is 8.42. The molecule has 0 spiro atoms. The van der Waals surface area contributed by atoms with Crippen molar-refractivity contribution in [3.8, 4) is 0 Å². The van der Waals surface area contributed by atoms with Crippen molar-refractivity contribution in [2.24, 2.45) is 0 Å². The largest absolute Gasteiger partial charge is 0.349 e. The Morgan fingerprint density at radius 3 is 2.48 bits per heavy atom. The topological polar surface area (TPSA) is 66.5 Å². The molecule has 1 saturated carbocycles. The Labute approximate surface area is 200 Å². The fourth-order valence-corrected chi connectivity index (χ4v) is 5.94. The molecule has 2 amide bonds. The normalized spacial score (nSPS) is 17.9. The van der Waals surface area contributed by atoms with Crippen molar-refractivity contribution in [3.63, 3.8) is 0 Å². The lowest BCUT2D eigenvalue weighted by Gasteiger charge is -2.24. The summed E-state index contributed by atoms with van der Waals surface area (Å²) >= 11 is 6.04. The van der Waals surface area contributed by atoms with Crippen LogP contribution in [-0.4, -0.2) is 22.1 Å². The number of benzene rings is 3. The van der Waals surface area contributed by atoms with E-state index >= 15 is 0 Å². The Hall–Kier alpha value is -2.96. The number of hydrogen-bond donors (Lipinski definition) is 1. The van der Waals surface area contributed by atoms with E-state index < -0.39 is 10.8 Å². The maximum atomic E-state index is 13.6. The quantitative estimate of drug-likeness (QED) is 0.550. The Kier molecular flexibility index (Phi) is 6.04. The fraction of sp³-hybridized carbons (Fsp3) is 0.231. The highest BCUT2D eigenvalue weighted by Crippen LogP contribution is 2.36. The van der Waals surface area contributed by atoms with Gasteiger partial charge >= 0.3 is 0 Å². The molecule has 3 aromatic rings. The van der Waals surface area contributed by atoms with E-state index in [1.807, 2.05) is 12.1 Å². The van der Waals surface area contributed by atoms with Gasteiger partial charge in [0.25, 0.3) is 11.8 Å². The van der Waals surface area contributed by atoms with Gasteiger partial charge in [-0.1, -0.05) is 48.7 Å². The van der Waals surface area contributed by atoms with Crippen LogP contribution in [0.4, 0.5) is 5.69 Å². The molecule has 0 radical (unpaired) electrons. The first-order valence-electron chi connectivity index (χ1n) is 11.0. The highest BCUT2D eigenvalue weighted by Gasteiger charge is 2.31. The number of fused-ring (bicyclic) bond motifs is 2. The van der Waals surface area contributed by atoms with Crippen molar-refractivity contribution in [2.75, 3.05) is 4.90 Å². The summed E-state index contributed by atoms with van der Waals surface area (Å²) in [5, 5.41) is 3.70. The molecule has 1 atom stereocenters. The molecule has 0 saturated heterocycles. The van der Waals surface area contributed by atoms with Crippen LogP contribution in [0.3, 0.4) is 0 Å². The molecular weight excluding hydrogens is 456 g/mol. The molecule has 5 rings (SSSR count). The predicted molar refractivity (Wildman–Crippen MR) is 129 cm³/mol. The maximum absolute atomic E-state index is 13.6. The van der Waals surface area contributed by atoms with Crippen molar-refractivity contribution in [2.45, 2.75) is 48.1 Å². The van der Waals surface area contributed by atoms with Crippen LogP contribution in [0, 0.1) is 0 Å². The summed E-state index contributed by atoms with van der Waals surface area (Å²) in [6.45, 7) is 0.266. The molecule has 1 heterocycles. The summed E-state index contributed by atoms with van der Waals surface area (Å²) in [5.41, 5.74) is 2.23. The molecule has 0 unspecified atom stereocenters. The standard InChI is InChI=1S/C26H23ClN2O3S/c27-19-12-9-17(10-13-19)16-29-22-15-18(25(30)28-20-5-1-2-6-20)11-14-24(22)33(32)23-8-4-3-7-21(23)26(29)31/h3-4,7-15,20H,1-2,5-6,16H2,(H,28,30)/t33-/m1/s1. The number of nitrogens with zero attached hydrogens (tertiary/aromatic N) is 1. The van der Waals surface area contributed by atoms with Crippen molar-refractivity contribution < 1.29 is 13.8 Å². The fourth-order valence-electron chi connectivity index (χ4n) is 4.47. The monoisotopic (exact) mass is 478 g/mol. The third-order valence-electron chi connectivity index (χ3n) is 6.22. The van der Waals surface area contributed by atoms with E-state index in [2.05, 4.69) is 5.32 Å². The molecule has 1 fully saturated rings. The Balaban J connectivity index is 1.58. The highest BCUT2D eigenvalue weighted by atomic mass is 35.5. The van der Waals surface area contributed by atoms with Crippen LogP contribution < -0.4 is 10.2 Å². The average molecular weight is 479 g/mol. The van der Waals surface area contributed by atoms with Crippen LogP contribution in [0.1, 0.15) is 52.0 Å². The van der Waals surface area contributed by atoms with Crippen LogP contribution in [0.15, 0.2) is 76.5 Å². The predicted octanol–water partition coefficient (Wildman–Crippen LogP) is 5.34. The van der Waals surface area contributed by atoms with Gasteiger partial charge in [0.15, 0.2) is 0 Å². The lowest BCUT2D eigenvalue weighted by Crippen LogP contribution is -2.33. The summed E-state index contributed by atoms with van der Waals surface area (Å²) in [7, 11) is -1.55. The smallest absolute Gasteiger partial charge is 0.259 e. The van der Waals surface area contributed by atoms with E-state index in [4.69, 9.17) is 11.6 Å². The van der Waals surface area contributed by atoms with Gasteiger partial charge in [0, 0.05) is 16.6 Å². The third-order valence-corrected chi connectivity index (χ3v) is 7.97. The van der Waals surface area contributed by atoms with Gasteiger partial charge in [0.1, 0.15) is 0 Å². The van der Waals surface area contributed by atoms with Crippen LogP contribution >= 0.6 is 11.6 Å². The molecule has 1 aliphatic carbocycles. The van der Waals surface area contributed by atoms with Crippen molar-refractivity contribution in [1.82, 2.24) is 5.32 Å². The Morgan fingerprint density at radius 2 is 1.73 bits per heavy atom. The van der Waals surface area contributed by atoms with Crippen LogP contribution in [0.25, 0.3) is 0 Å². The van der Waals surface area contributed by atoms with Gasteiger partial charge in [0.05, 0.1) is 38.4 Å². The van der Waals surface area contributed by atoms with Crippen molar-refractivity contribution in [3.05, 3.63) is 88.4 Å². The minimum absolute atomic E-state index is 0.170. The van der Waals surface area contributed by atoms with Gasteiger partial charge < -0.3 is 10.2 Å². The molecule has 2 aliphatic rings. The number of amides is 2. The molecular formula is C26H23ClN2O3S.